The monoisotopic (exact) mass is 266 g/mol. The Labute approximate surface area is 119 Å². The lowest BCUT2D eigenvalue weighted by Crippen LogP contribution is -2.07. The van der Waals surface area contributed by atoms with Crippen molar-refractivity contribution in [3.05, 3.63) is 59.2 Å². The molecule has 0 amide bonds. The van der Waals surface area contributed by atoms with Gasteiger partial charge in [-0.2, -0.15) is 0 Å². The van der Waals surface area contributed by atoms with Crippen molar-refractivity contribution in [3.8, 4) is 11.1 Å². The number of carbonyl (C=O) groups is 1. The molecule has 2 nitrogen and oxygen atoms in total. The normalized spacial score (nSPS) is 13.5. The summed E-state index contributed by atoms with van der Waals surface area (Å²) in [4.78, 5) is 11.2. The van der Waals surface area contributed by atoms with Gasteiger partial charge in [-0.15, -0.1) is 0 Å². The van der Waals surface area contributed by atoms with Crippen LogP contribution in [0.2, 0.25) is 0 Å². The minimum atomic E-state index is -0.224. The molecule has 0 saturated heterocycles. The molecule has 0 spiro atoms. The number of carbonyl (C=O) groups excluding carboxylic acids is 1. The Morgan fingerprint density at radius 2 is 1.90 bits per heavy atom. The Kier molecular flexibility index (Phi) is 3.31. The number of esters is 1. The molecule has 0 N–H and O–H groups in total. The highest BCUT2D eigenvalue weighted by Crippen LogP contribution is 2.38. The summed E-state index contributed by atoms with van der Waals surface area (Å²) in [6.07, 6.45) is 1.64. The summed E-state index contributed by atoms with van der Waals surface area (Å²) >= 11 is 0. The van der Waals surface area contributed by atoms with Crippen molar-refractivity contribution in [1.82, 2.24) is 0 Å². The maximum atomic E-state index is 11.2. The van der Waals surface area contributed by atoms with Crippen molar-refractivity contribution < 1.29 is 9.53 Å². The summed E-state index contributed by atoms with van der Waals surface area (Å²) in [7, 11) is 0. The van der Waals surface area contributed by atoms with Gasteiger partial charge in [0.25, 0.3) is 0 Å². The molecule has 2 aromatic rings. The minimum absolute atomic E-state index is 0.148. The zero-order chi connectivity index (χ0) is 14.1. The van der Waals surface area contributed by atoms with E-state index in [4.69, 9.17) is 4.74 Å². The first-order valence-corrected chi connectivity index (χ1v) is 7.07. The van der Waals surface area contributed by atoms with Crippen molar-refractivity contribution in [2.45, 2.75) is 32.8 Å². The molecule has 1 aliphatic rings. The van der Waals surface area contributed by atoms with Crippen LogP contribution in [0.25, 0.3) is 11.1 Å². The van der Waals surface area contributed by atoms with Gasteiger partial charge in [-0.1, -0.05) is 43.3 Å². The quantitative estimate of drug-likeness (QED) is 0.662. The Bertz CT molecular complexity index is 658. The standard InChI is InChI=1S/C18H18O2/c1-3-18(20-12(2)19)15-9-8-14-10-13-6-4-5-7-16(13)17(14)11-15/h4-9,11,18H,3,10H2,1-2H3. The third-order valence-electron chi connectivity index (χ3n) is 3.87. The molecule has 0 heterocycles. The number of hydrogen-bond acceptors (Lipinski definition) is 2. The molecule has 0 bridgehead atoms. The number of ether oxygens (including phenoxy) is 1. The van der Waals surface area contributed by atoms with E-state index in [9.17, 15) is 4.79 Å². The fraction of sp³-hybridized carbons (Fsp3) is 0.278. The molecule has 2 heteroatoms. The number of rotatable bonds is 3. The van der Waals surface area contributed by atoms with E-state index in [1.807, 2.05) is 6.92 Å². The fourth-order valence-electron chi connectivity index (χ4n) is 2.93. The van der Waals surface area contributed by atoms with Crippen molar-refractivity contribution in [1.29, 1.82) is 0 Å². The Hall–Kier alpha value is -2.09. The number of benzene rings is 2. The maximum absolute atomic E-state index is 11.2. The van der Waals surface area contributed by atoms with E-state index in [2.05, 4.69) is 42.5 Å². The van der Waals surface area contributed by atoms with Crippen molar-refractivity contribution in [2.75, 3.05) is 0 Å². The highest BCUT2D eigenvalue weighted by molar-refractivity contribution is 5.77. The molecular formula is C18H18O2. The van der Waals surface area contributed by atoms with Crippen LogP contribution in [0.1, 0.15) is 43.1 Å². The highest BCUT2D eigenvalue weighted by atomic mass is 16.5. The van der Waals surface area contributed by atoms with Gasteiger partial charge in [0.05, 0.1) is 0 Å². The van der Waals surface area contributed by atoms with Crippen LogP contribution in [0.15, 0.2) is 42.5 Å². The summed E-state index contributed by atoms with van der Waals surface area (Å²) in [5.74, 6) is -0.224. The van der Waals surface area contributed by atoms with E-state index in [0.29, 0.717) is 0 Å². The van der Waals surface area contributed by atoms with Gasteiger partial charge in [-0.05, 0) is 46.7 Å². The number of fused-ring (bicyclic) bond motifs is 3. The van der Waals surface area contributed by atoms with Gasteiger partial charge in [0.2, 0.25) is 0 Å². The molecule has 0 fully saturated rings. The highest BCUT2D eigenvalue weighted by Gasteiger charge is 2.20. The predicted octanol–water partition coefficient (Wildman–Crippen LogP) is 4.27. The first-order chi connectivity index (χ1) is 9.69. The topological polar surface area (TPSA) is 26.3 Å². The van der Waals surface area contributed by atoms with Crippen LogP contribution in [0.5, 0.6) is 0 Å². The molecule has 1 aliphatic carbocycles. The smallest absolute Gasteiger partial charge is 0.303 e. The van der Waals surface area contributed by atoms with Gasteiger partial charge in [0, 0.05) is 6.92 Å². The third kappa shape index (κ3) is 2.22. The lowest BCUT2D eigenvalue weighted by atomic mass is 9.99. The zero-order valence-electron chi connectivity index (χ0n) is 11.8. The van der Waals surface area contributed by atoms with Gasteiger partial charge in [-0.25, -0.2) is 0 Å². The molecule has 3 rings (SSSR count). The Balaban J connectivity index is 2.00. The Morgan fingerprint density at radius 1 is 1.15 bits per heavy atom. The van der Waals surface area contributed by atoms with Crippen LogP contribution >= 0.6 is 0 Å². The SMILES string of the molecule is CCC(OC(C)=O)c1ccc2c(c1)-c1ccccc1C2. The molecule has 0 radical (unpaired) electrons. The minimum Gasteiger partial charge on any atom is -0.458 e. The van der Waals surface area contributed by atoms with Crippen LogP contribution in [0.3, 0.4) is 0 Å². The summed E-state index contributed by atoms with van der Waals surface area (Å²) in [6, 6.07) is 14.9. The summed E-state index contributed by atoms with van der Waals surface area (Å²) < 4.78 is 5.39. The number of hydrogen-bond donors (Lipinski definition) is 0. The van der Waals surface area contributed by atoms with E-state index >= 15 is 0 Å². The van der Waals surface area contributed by atoms with E-state index in [1.54, 1.807) is 0 Å². The lowest BCUT2D eigenvalue weighted by molar-refractivity contribution is -0.146. The second-order valence-electron chi connectivity index (χ2n) is 5.26. The average Bonchev–Trinajstić information content (AvgIpc) is 2.82. The summed E-state index contributed by atoms with van der Waals surface area (Å²) in [6.45, 7) is 3.50. The Morgan fingerprint density at radius 3 is 2.65 bits per heavy atom. The van der Waals surface area contributed by atoms with Gasteiger partial charge in [0.1, 0.15) is 6.10 Å². The summed E-state index contributed by atoms with van der Waals surface area (Å²) in [5.41, 5.74) is 6.40. The molecule has 20 heavy (non-hydrogen) atoms. The molecule has 2 aromatic carbocycles. The second-order valence-corrected chi connectivity index (χ2v) is 5.26. The van der Waals surface area contributed by atoms with Crippen LogP contribution in [0.4, 0.5) is 0 Å². The van der Waals surface area contributed by atoms with E-state index in [0.717, 1.165) is 18.4 Å². The molecule has 0 aromatic heterocycles. The summed E-state index contributed by atoms with van der Waals surface area (Å²) in [5, 5.41) is 0. The van der Waals surface area contributed by atoms with E-state index < -0.39 is 0 Å². The van der Waals surface area contributed by atoms with Gasteiger partial charge in [-0.3, -0.25) is 4.79 Å². The first-order valence-electron chi connectivity index (χ1n) is 7.07. The second kappa shape index (κ2) is 5.12. The van der Waals surface area contributed by atoms with Gasteiger partial charge >= 0.3 is 5.97 Å². The van der Waals surface area contributed by atoms with Gasteiger partial charge in [0.15, 0.2) is 0 Å². The first kappa shape index (κ1) is 12.9. The van der Waals surface area contributed by atoms with Gasteiger partial charge < -0.3 is 4.74 Å². The lowest BCUT2D eigenvalue weighted by Gasteiger charge is -2.16. The van der Waals surface area contributed by atoms with Crippen molar-refractivity contribution in [3.63, 3.8) is 0 Å². The zero-order valence-corrected chi connectivity index (χ0v) is 11.8. The van der Waals surface area contributed by atoms with Crippen LogP contribution in [-0.4, -0.2) is 5.97 Å². The molecular weight excluding hydrogens is 248 g/mol. The molecule has 1 atom stereocenters. The maximum Gasteiger partial charge on any atom is 0.303 e. The predicted molar refractivity (Wildman–Crippen MR) is 79.5 cm³/mol. The van der Waals surface area contributed by atoms with Crippen LogP contribution < -0.4 is 0 Å². The van der Waals surface area contributed by atoms with E-state index in [1.165, 1.54) is 29.2 Å². The molecule has 1 unspecified atom stereocenters. The van der Waals surface area contributed by atoms with Crippen molar-refractivity contribution in [2.24, 2.45) is 0 Å². The van der Waals surface area contributed by atoms with Crippen molar-refractivity contribution >= 4 is 5.97 Å². The fourth-order valence-corrected chi connectivity index (χ4v) is 2.93. The van der Waals surface area contributed by atoms with Crippen LogP contribution in [0, 0.1) is 0 Å². The largest absolute Gasteiger partial charge is 0.458 e. The third-order valence-corrected chi connectivity index (χ3v) is 3.87. The molecule has 102 valence electrons. The molecule has 0 aliphatic heterocycles. The molecule has 0 saturated carbocycles. The average molecular weight is 266 g/mol. The van der Waals surface area contributed by atoms with Crippen LogP contribution in [-0.2, 0) is 16.0 Å². The van der Waals surface area contributed by atoms with E-state index in [-0.39, 0.29) is 12.1 Å².